The lowest BCUT2D eigenvalue weighted by atomic mass is 10.00. The number of nitrogens with zero attached hydrogens (tertiary/aromatic N) is 2. The molecule has 1 amide bonds. The van der Waals surface area contributed by atoms with Crippen molar-refractivity contribution in [1.29, 1.82) is 0 Å². The van der Waals surface area contributed by atoms with Crippen molar-refractivity contribution in [2.24, 2.45) is 5.92 Å². The molecular weight excluding hydrogens is 286 g/mol. The zero-order valence-corrected chi connectivity index (χ0v) is 14.1. The molecule has 1 aromatic heterocycles. The highest BCUT2D eigenvalue weighted by atomic mass is 32.1. The lowest BCUT2D eigenvalue weighted by molar-refractivity contribution is 0.0524. The zero-order valence-electron chi connectivity index (χ0n) is 13.3. The molecule has 0 atom stereocenters. The van der Waals surface area contributed by atoms with Gasteiger partial charge in [-0.15, -0.1) is 11.3 Å². The third kappa shape index (κ3) is 5.19. The van der Waals surface area contributed by atoms with Crippen LogP contribution in [-0.4, -0.2) is 29.8 Å². The number of thiazole rings is 1. The van der Waals surface area contributed by atoms with E-state index in [1.165, 1.54) is 12.8 Å². The molecule has 6 heteroatoms. The standard InChI is InChI=1S/C15H25N3O2S/c1-11-5-7-18(8-6-11)13-16-9-12(21-13)10-17-14(19)20-15(2,3)4/h9,11H,5-8,10H2,1-4H3,(H,17,19). The van der Waals surface area contributed by atoms with Gasteiger partial charge in [0.1, 0.15) is 5.60 Å². The highest BCUT2D eigenvalue weighted by molar-refractivity contribution is 7.15. The third-order valence-electron chi connectivity index (χ3n) is 3.40. The number of piperidine rings is 1. The van der Waals surface area contributed by atoms with Crippen LogP contribution >= 0.6 is 11.3 Å². The summed E-state index contributed by atoms with van der Waals surface area (Å²) in [6.45, 7) is 10.5. The predicted molar refractivity (Wildman–Crippen MR) is 85.8 cm³/mol. The van der Waals surface area contributed by atoms with Crippen LogP contribution in [0.2, 0.25) is 0 Å². The van der Waals surface area contributed by atoms with Gasteiger partial charge in [-0.05, 0) is 39.5 Å². The Labute approximate surface area is 130 Å². The second-order valence-corrected chi connectivity index (χ2v) is 7.73. The summed E-state index contributed by atoms with van der Waals surface area (Å²) in [5.41, 5.74) is -0.465. The van der Waals surface area contributed by atoms with E-state index in [2.05, 4.69) is 22.1 Å². The number of alkyl carbamates (subject to hydrolysis) is 1. The monoisotopic (exact) mass is 311 g/mol. The van der Waals surface area contributed by atoms with Crippen LogP contribution in [0.4, 0.5) is 9.93 Å². The predicted octanol–water partition coefficient (Wildman–Crippen LogP) is 3.40. The molecule has 118 valence electrons. The molecule has 1 fully saturated rings. The molecule has 1 aliphatic heterocycles. The lowest BCUT2D eigenvalue weighted by Gasteiger charge is -2.29. The van der Waals surface area contributed by atoms with Crippen LogP contribution in [0, 0.1) is 5.92 Å². The maximum Gasteiger partial charge on any atom is 0.407 e. The lowest BCUT2D eigenvalue weighted by Crippen LogP contribution is -2.32. The van der Waals surface area contributed by atoms with E-state index < -0.39 is 5.60 Å². The molecule has 5 nitrogen and oxygen atoms in total. The highest BCUT2D eigenvalue weighted by Crippen LogP contribution is 2.27. The molecule has 0 aliphatic carbocycles. The van der Waals surface area contributed by atoms with E-state index in [0.717, 1.165) is 29.0 Å². The van der Waals surface area contributed by atoms with E-state index in [4.69, 9.17) is 4.74 Å². The van der Waals surface area contributed by atoms with Crippen molar-refractivity contribution in [2.75, 3.05) is 18.0 Å². The van der Waals surface area contributed by atoms with Gasteiger partial charge in [-0.3, -0.25) is 0 Å². The molecule has 0 bridgehead atoms. The Kier molecular flexibility index (Phi) is 5.08. The largest absolute Gasteiger partial charge is 0.444 e. The summed E-state index contributed by atoms with van der Waals surface area (Å²) >= 11 is 1.65. The van der Waals surface area contributed by atoms with E-state index >= 15 is 0 Å². The number of carbonyl (C=O) groups excluding carboxylic acids is 1. The zero-order chi connectivity index (χ0) is 15.5. The van der Waals surface area contributed by atoms with Gasteiger partial charge < -0.3 is 15.0 Å². The number of amides is 1. The summed E-state index contributed by atoms with van der Waals surface area (Å²) in [6.07, 6.45) is 3.91. The van der Waals surface area contributed by atoms with Crippen LogP contribution in [0.25, 0.3) is 0 Å². The van der Waals surface area contributed by atoms with Gasteiger partial charge in [0.05, 0.1) is 6.54 Å². The van der Waals surface area contributed by atoms with Gasteiger partial charge in [-0.2, -0.15) is 0 Å². The summed E-state index contributed by atoms with van der Waals surface area (Å²) in [6, 6.07) is 0. The van der Waals surface area contributed by atoms with Crippen molar-refractivity contribution in [3.8, 4) is 0 Å². The number of rotatable bonds is 3. The average Bonchev–Trinajstić information content (AvgIpc) is 2.84. The number of hydrogen-bond donors (Lipinski definition) is 1. The maximum absolute atomic E-state index is 11.6. The first-order valence-corrected chi connectivity index (χ1v) is 8.31. The summed E-state index contributed by atoms with van der Waals surface area (Å²) in [4.78, 5) is 19.5. The van der Waals surface area contributed by atoms with Crippen LogP contribution in [0.1, 0.15) is 45.4 Å². The van der Waals surface area contributed by atoms with Crippen molar-refractivity contribution in [1.82, 2.24) is 10.3 Å². The number of nitrogens with one attached hydrogen (secondary N) is 1. The van der Waals surface area contributed by atoms with E-state index in [0.29, 0.717) is 6.54 Å². The van der Waals surface area contributed by atoms with E-state index in [1.807, 2.05) is 27.0 Å². The van der Waals surface area contributed by atoms with Gasteiger partial charge in [0.15, 0.2) is 5.13 Å². The molecule has 21 heavy (non-hydrogen) atoms. The second kappa shape index (κ2) is 6.64. The Morgan fingerprint density at radius 1 is 1.48 bits per heavy atom. The fourth-order valence-corrected chi connectivity index (χ4v) is 3.10. The smallest absolute Gasteiger partial charge is 0.407 e. The SMILES string of the molecule is CC1CCN(c2ncc(CNC(=O)OC(C)(C)C)s2)CC1. The minimum atomic E-state index is -0.465. The van der Waals surface area contributed by atoms with Crippen molar-refractivity contribution < 1.29 is 9.53 Å². The normalized spacial score (nSPS) is 16.9. The van der Waals surface area contributed by atoms with E-state index in [1.54, 1.807) is 11.3 Å². The van der Waals surface area contributed by atoms with Crippen LogP contribution in [0.3, 0.4) is 0 Å². The van der Waals surface area contributed by atoms with Crippen molar-refractivity contribution in [2.45, 2.75) is 52.7 Å². The topological polar surface area (TPSA) is 54.5 Å². The maximum atomic E-state index is 11.6. The van der Waals surface area contributed by atoms with Crippen molar-refractivity contribution in [3.63, 3.8) is 0 Å². The van der Waals surface area contributed by atoms with Crippen LogP contribution in [0.15, 0.2) is 6.20 Å². The van der Waals surface area contributed by atoms with Gasteiger partial charge in [-0.25, -0.2) is 9.78 Å². The summed E-state index contributed by atoms with van der Waals surface area (Å²) in [7, 11) is 0. The third-order valence-corrected chi connectivity index (χ3v) is 4.46. The Morgan fingerprint density at radius 2 is 2.14 bits per heavy atom. The molecule has 1 N–H and O–H groups in total. The van der Waals surface area contributed by atoms with Gasteiger partial charge >= 0.3 is 6.09 Å². The molecule has 1 saturated heterocycles. The Morgan fingerprint density at radius 3 is 2.76 bits per heavy atom. The van der Waals surface area contributed by atoms with Gasteiger partial charge in [0.25, 0.3) is 0 Å². The van der Waals surface area contributed by atoms with Crippen molar-refractivity contribution in [3.05, 3.63) is 11.1 Å². The molecule has 1 aromatic rings. The first-order valence-electron chi connectivity index (χ1n) is 7.50. The second-order valence-electron chi connectivity index (χ2n) is 6.63. The number of anilines is 1. The van der Waals surface area contributed by atoms with E-state index in [-0.39, 0.29) is 6.09 Å². The summed E-state index contributed by atoms with van der Waals surface area (Å²) in [5.74, 6) is 0.814. The van der Waals surface area contributed by atoms with Crippen LogP contribution in [0.5, 0.6) is 0 Å². The summed E-state index contributed by atoms with van der Waals surface area (Å²) in [5, 5.41) is 3.83. The molecule has 2 heterocycles. The number of aromatic nitrogens is 1. The van der Waals surface area contributed by atoms with Crippen LogP contribution < -0.4 is 10.2 Å². The Balaban J connectivity index is 1.82. The van der Waals surface area contributed by atoms with E-state index in [9.17, 15) is 4.79 Å². The number of hydrogen-bond acceptors (Lipinski definition) is 5. The number of ether oxygens (including phenoxy) is 1. The quantitative estimate of drug-likeness (QED) is 0.929. The molecule has 2 rings (SSSR count). The molecule has 1 aliphatic rings. The summed E-state index contributed by atoms with van der Waals surface area (Å²) < 4.78 is 5.22. The number of carbonyl (C=O) groups is 1. The average molecular weight is 311 g/mol. The molecule has 0 spiro atoms. The minimum absolute atomic E-state index is 0.385. The molecule has 0 saturated carbocycles. The first-order chi connectivity index (χ1) is 9.83. The molecule has 0 radical (unpaired) electrons. The fraction of sp³-hybridized carbons (Fsp3) is 0.733. The molecule has 0 unspecified atom stereocenters. The minimum Gasteiger partial charge on any atom is -0.444 e. The van der Waals surface area contributed by atoms with Gasteiger partial charge in [0.2, 0.25) is 0 Å². The molecule has 0 aromatic carbocycles. The van der Waals surface area contributed by atoms with Crippen LogP contribution in [-0.2, 0) is 11.3 Å². The van der Waals surface area contributed by atoms with Gasteiger partial charge in [-0.1, -0.05) is 6.92 Å². The highest BCUT2D eigenvalue weighted by Gasteiger charge is 2.19. The van der Waals surface area contributed by atoms with Crippen molar-refractivity contribution >= 4 is 22.6 Å². The van der Waals surface area contributed by atoms with Gasteiger partial charge in [0, 0.05) is 24.2 Å². The molecular formula is C15H25N3O2S. The fourth-order valence-electron chi connectivity index (χ4n) is 2.20. The first kappa shape index (κ1) is 16.1. The Bertz CT molecular complexity index is 474. The Hall–Kier alpha value is -1.30.